The molecule has 0 saturated carbocycles. The first-order valence-electron chi connectivity index (χ1n) is 8.83. The number of esters is 1. The van der Waals surface area contributed by atoms with Crippen LogP contribution in [0.5, 0.6) is 11.5 Å². The molecule has 2 aromatic rings. The molecule has 148 valence electrons. The standard InChI is InChI=1S/C20H16N2O7/c23-17(21-12-5-6-15-16(9-12)28-8-7-27-15)11-29-18(24)10-22-19(25)13-3-1-2-4-14(13)20(22)26/h1-6,9H,7-8,10-11H2,(H,21,23). The summed E-state index contributed by atoms with van der Waals surface area (Å²) in [5.74, 6) is -1.47. The molecule has 0 bridgehead atoms. The number of hydrogen-bond donors (Lipinski definition) is 1. The number of nitrogens with zero attached hydrogens (tertiary/aromatic N) is 1. The maximum atomic E-state index is 12.2. The smallest absolute Gasteiger partial charge is 0.326 e. The van der Waals surface area contributed by atoms with Gasteiger partial charge in [0.2, 0.25) is 0 Å². The Bertz CT molecular complexity index is 983. The Kier molecular flexibility index (Phi) is 4.86. The minimum Gasteiger partial charge on any atom is -0.486 e. The van der Waals surface area contributed by atoms with Gasteiger partial charge in [0.05, 0.1) is 11.1 Å². The van der Waals surface area contributed by atoms with Crippen molar-refractivity contribution < 1.29 is 33.4 Å². The van der Waals surface area contributed by atoms with Gasteiger partial charge in [-0.25, -0.2) is 0 Å². The SMILES string of the molecule is O=C(COC(=O)CN1C(=O)c2ccccc2C1=O)Nc1ccc2c(c1)OCCO2. The Morgan fingerprint density at radius 2 is 1.62 bits per heavy atom. The molecular formula is C20H16N2O7. The van der Waals surface area contributed by atoms with Crippen LogP contribution in [0.15, 0.2) is 42.5 Å². The Hall–Kier alpha value is -3.88. The van der Waals surface area contributed by atoms with E-state index in [1.165, 1.54) is 12.1 Å². The van der Waals surface area contributed by atoms with Crippen LogP contribution in [0.4, 0.5) is 5.69 Å². The molecule has 0 spiro atoms. The van der Waals surface area contributed by atoms with Crippen LogP contribution < -0.4 is 14.8 Å². The summed E-state index contributed by atoms with van der Waals surface area (Å²) in [5.41, 5.74) is 0.930. The van der Waals surface area contributed by atoms with E-state index in [4.69, 9.17) is 14.2 Å². The summed E-state index contributed by atoms with van der Waals surface area (Å²) in [7, 11) is 0. The quantitative estimate of drug-likeness (QED) is 0.598. The summed E-state index contributed by atoms with van der Waals surface area (Å²) in [6, 6.07) is 11.2. The van der Waals surface area contributed by atoms with E-state index in [0.29, 0.717) is 30.4 Å². The monoisotopic (exact) mass is 396 g/mol. The molecule has 2 aromatic carbocycles. The van der Waals surface area contributed by atoms with Gasteiger partial charge < -0.3 is 19.5 Å². The summed E-state index contributed by atoms with van der Waals surface area (Å²) in [6.07, 6.45) is 0. The van der Waals surface area contributed by atoms with Crippen molar-refractivity contribution in [2.45, 2.75) is 0 Å². The molecule has 3 amide bonds. The molecule has 0 aromatic heterocycles. The number of hydrogen-bond acceptors (Lipinski definition) is 7. The van der Waals surface area contributed by atoms with Crippen LogP contribution in [0.2, 0.25) is 0 Å². The lowest BCUT2D eigenvalue weighted by Gasteiger charge is -2.19. The lowest BCUT2D eigenvalue weighted by molar-refractivity contribution is -0.147. The van der Waals surface area contributed by atoms with Crippen LogP contribution in [0.3, 0.4) is 0 Å². The minimum atomic E-state index is -0.864. The fourth-order valence-corrected chi connectivity index (χ4v) is 3.02. The molecule has 0 fully saturated rings. The van der Waals surface area contributed by atoms with Crippen molar-refractivity contribution in [1.82, 2.24) is 4.90 Å². The number of fused-ring (bicyclic) bond motifs is 2. The summed E-state index contributed by atoms with van der Waals surface area (Å²) in [5, 5.41) is 2.57. The molecule has 2 aliphatic rings. The molecule has 0 aliphatic carbocycles. The predicted octanol–water partition coefficient (Wildman–Crippen LogP) is 1.24. The fourth-order valence-electron chi connectivity index (χ4n) is 3.02. The number of rotatable bonds is 5. The van der Waals surface area contributed by atoms with Crippen molar-refractivity contribution in [3.63, 3.8) is 0 Å². The summed E-state index contributed by atoms with van der Waals surface area (Å²) in [4.78, 5) is 49.3. The van der Waals surface area contributed by atoms with Crippen molar-refractivity contribution in [3.8, 4) is 11.5 Å². The van der Waals surface area contributed by atoms with E-state index >= 15 is 0 Å². The lowest BCUT2D eigenvalue weighted by atomic mass is 10.1. The van der Waals surface area contributed by atoms with Gasteiger partial charge in [-0.3, -0.25) is 24.1 Å². The van der Waals surface area contributed by atoms with Gasteiger partial charge in [-0.15, -0.1) is 0 Å². The van der Waals surface area contributed by atoms with Crippen LogP contribution in [-0.2, 0) is 14.3 Å². The Balaban J connectivity index is 1.29. The van der Waals surface area contributed by atoms with Crippen LogP contribution in [-0.4, -0.2) is 55.0 Å². The maximum absolute atomic E-state index is 12.2. The third-order valence-corrected chi connectivity index (χ3v) is 4.36. The topological polar surface area (TPSA) is 111 Å². The third kappa shape index (κ3) is 3.75. The first-order chi connectivity index (χ1) is 14.0. The number of ether oxygens (including phenoxy) is 3. The van der Waals surface area contributed by atoms with Gasteiger partial charge in [-0.05, 0) is 24.3 Å². The van der Waals surface area contributed by atoms with E-state index in [9.17, 15) is 19.2 Å². The predicted molar refractivity (Wildman–Crippen MR) is 98.8 cm³/mol. The van der Waals surface area contributed by atoms with Crippen LogP contribution in [0.1, 0.15) is 20.7 Å². The van der Waals surface area contributed by atoms with Gasteiger partial charge >= 0.3 is 5.97 Å². The van der Waals surface area contributed by atoms with Gasteiger partial charge in [0.1, 0.15) is 19.8 Å². The number of imide groups is 1. The third-order valence-electron chi connectivity index (χ3n) is 4.36. The first kappa shape index (κ1) is 18.5. The first-order valence-corrected chi connectivity index (χ1v) is 8.83. The number of carbonyl (C=O) groups excluding carboxylic acids is 4. The van der Waals surface area contributed by atoms with Crippen molar-refractivity contribution in [2.24, 2.45) is 0 Å². The molecule has 9 heteroatoms. The molecule has 0 atom stereocenters. The normalized spacial score (nSPS) is 14.4. The number of nitrogens with one attached hydrogen (secondary N) is 1. The van der Waals surface area contributed by atoms with Gasteiger partial charge in [-0.2, -0.15) is 0 Å². The molecule has 1 N–H and O–H groups in total. The second-order valence-corrected chi connectivity index (χ2v) is 6.31. The van der Waals surface area contributed by atoms with Crippen molar-refractivity contribution in [2.75, 3.05) is 31.7 Å². The van der Waals surface area contributed by atoms with Crippen molar-refractivity contribution in [1.29, 1.82) is 0 Å². The second kappa shape index (κ2) is 7.63. The lowest BCUT2D eigenvalue weighted by Crippen LogP contribution is -2.36. The van der Waals surface area contributed by atoms with E-state index in [2.05, 4.69) is 5.32 Å². The van der Waals surface area contributed by atoms with Gasteiger partial charge in [0.15, 0.2) is 18.1 Å². The highest BCUT2D eigenvalue weighted by atomic mass is 16.6. The largest absolute Gasteiger partial charge is 0.486 e. The molecule has 0 saturated heterocycles. The van der Waals surface area contributed by atoms with Crippen LogP contribution in [0, 0.1) is 0 Å². The molecule has 4 rings (SSSR count). The molecule has 0 unspecified atom stereocenters. The van der Waals surface area contributed by atoms with Crippen molar-refractivity contribution in [3.05, 3.63) is 53.6 Å². The molecule has 0 radical (unpaired) electrons. The van der Waals surface area contributed by atoms with Crippen LogP contribution >= 0.6 is 0 Å². The van der Waals surface area contributed by atoms with Gasteiger partial charge in [0, 0.05) is 11.8 Å². The molecular weight excluding hydrogens is 380 g/mol. The van der Waals surface area contributed by atoms with Gasteiger partial charge in [-0.1, -0.05) is 12.1 Å². The molecule has 2 heterocycles. The second-order valence-electron chi connectivity index (χ2n) is 6.31. The number of anilines is 1. The Labute approximate surface area is 165 Å². The average molecular weight is 396 g/mol. The Morgan fingerprint density at radius 3 is 2.31 bits per heavy atom. The zero-order valence-electron chi connectivity index (χ0n) is 15.2. The van der Waals surface area contributed by atoms with Crippen LogP contribution in [0.25, 0.3) is 0 Å². The zero-order chi connectivity index (χ0) is 20.4. The molecule has 29 heavy (non-hydrogen) atoms. The van der Waals surface area contributed by atoms with E-state index in [1.807, 2.05) is 0 Å². The highest BCUT2D eigenvalue weighted by Gasteiger charge is 2.36. The molecule has 9 nitrogen and oxygen atoms in total. The number of carbonyl (C=O) groups is 4. The van der Waals surface area contributed by atoms with E-state index < -0.39 is 36.8 Å². The number of benzene rings is 2. The summed E-state index contributed by atoms with van der Waals surface area (Å²) < 4.78 is 15.7. The fraction of sp³-hybridized carbons (Fsp3) is 0.200. The number of amides is 3. The average Bonchev–Trinajstić information content (AvgIpc) is 2.97. The summed E-state index contributed by atoms with van der Waals surface area (Å²) in [6.45, 7) is -0.248. The van der Waals surface area contributed by atoms with Crippen molar-refractivity contribution >= 4 is 29.4 Å². The van der Waals surface area contributed by atoms with E-state index in [0.717, 1.165) is 4.90 Å². The summed E-state index contributed by atoms with van der Waals surface area (Å²) >= 11 is 0. The van der Waals surface area contributed by atoms with E-state index in [1.54, 1.807) is 30.3 Å². The highest BCUT2D eigenvalue weighted by molar-refractivity contribution is 6.22. The Morgan fingerprint density at radius 1 is 0.966 bits per heavy atom. The maximum Gasteiger partial charge on any atom is 0.326 e. The minimum absolute atomic E-state index is 0.238. The van der Waals surface area contributed by atoms with E-state index in [-0.39, 0.29) is 11.1 Å². The zero-order valence-corrected chi connectivity index (χ0v) is 15.2. The highest BCUT2D eigenvalue weighted by Crippen LogP contribution is 2.32. The molecule has 2 aliphatic heterocycles. The van der Waals surface area contributed by atoms with Gasteiger partial charge in [0.25, 0.3) is 17.7 Å².